The fourth-order valence-electron chi connectivity index (χ4n) is 0.975. The van der Waals surface area contributed by atoms with Gasteiger partial charge in [0, 0.05) is 5.92 Å². The van der Waals surface area contributed by atoms with Crippen molar-refractivity contribution in [3.8, 4) is 0 Å². The van der Waals surface area contributed by atoms with Crippen LogP contribution < -0.4 is 5.73 Å². The largest absolute Gasteiger partial charge is 0.393 e. The molecule has 0 amide bonds. The highest BCUT2D eigenvalue weighted by molar-refractivity contribution is 7.80. The summed E-state index contributed by atoms with van der Waals surface area (Å²) in [5, 5.41) is 0. The molecule has 0 radical (unpaired) electrons. The van der Waals surface area contributed by atoms with Gasteiger partial charge in [0.1, 0.15) is 0 Å². The van der Waals surface area contributed by atoms with E-state index >= 15 is 0 Å². The first kappa shape index (κ1) is 10.9. The number of hydrogen-bond acceptors (Lipinski definition) is 1. The Morgan fingerprint density at radius 1 is 1.27 bits per heavy atom. The molecule has 2 N–H and O–H groups in total. The Morgan fingerprint density at radius 2 is 1.82 bits per heavy atom. The number of rotatable bonds is 5. The summed E-state index contributed by atoms with van der Waals surface area (Å²) < 4.78 is 0. The molecule has 0 aromatic heterocycles. The molecule has 0 aliphatic carbocycles. The van der Waals surface area contributed by atoms with Gasteiger partial charge in [-0.15, -0.1) is 0 Å². The van der Waals surface area contributed by atoms with E-state index in [0.717, 1.165) is 12.3 Å². The molecule has 0 aromatic carbocycles. The van der Waals surface area contributed by atoms with Crippen LogP contribution in [0.4, 0.5) is 0 Å². The van der Waals surface area contributed by atoms with E-state index < -0.39 is 0 Å². The minimum atomic E-state index is 0.420. The Bertz CT molecular complexity index is 121. The van der Waals surface area contributed by atoms with Crippen molar-refractivity contribution in [3.05, 3.63) is 0 Å². The maximum atomic E-state index is 5.48. The van der Waals surface area contributed by atoms with E-state index in [-0.39, 0.29) is 0 Å². The normalized spacial score (nSPS) is 13.5. The van der Waals surface area contributed by atoms with Crippen molar-refractivity contribution < 1.29 is 0 Å². The molecule has 0 spiro atoms. The first-order valence-electron chi connectivity index (χ1n) is 4.33. The van der Waals surface area contributed by atoms with Gasteiger partial charge in [-0.25, -0.2) is 0 Å². The molecular formula is C9H19NS. The van der Waals surface area contributed by atoms with Crippen molar-refractivity contribution in [1.82, 2.24) is 0 Å². The third-order valence-electron chi connectivity index (χ3n) is 1.90. The van der Waals surface area contributed by atoms with E-state index in [4.69, 9.17) is 18.0 Å². The molecule has 66 valence electrons. The molecule has 0 fully saturated rings. The van der Waals surface area contributed by atoms with Gasteiger partial charge in [0.25, 0.3) is 0 Å². The lowest BCUT2D eigenvalue weighted by atomic mass is 10.00. The fraction of sp³-hybridized carbons (Fsp3) is 0.889. The minimum Gasteiger partial charge on any atom is -0.393 e. The van der Waals surface area contributed by atoms with Gasteiger partial charge in [-0.1, -0.05) is 45.8 Å². The van der Waals surface area contributed by atoms with Crippen molar-refractivity contribution >= 4 is 17.2 Å². The second kappa shape index (κ2) is 5.53. The molecule has 0 aromatic rings. The lowest BCUT2D eigenvalue weighted by molar-refractivity contribution is 0.512. The van der Waals surface area contributed by atoms with Crippen LogP contribution in [0.5, 0.6) is 0 Å². The van der Waals surface area contributed by atoms with Gasteiger partial charge in [-0.3, -0.25) is 0 Å². The first-order chi connectivity index (χ1) is 5.04. The van der Waals surface area contributed by atoms with E-state index in [1.807, 2.05) is 0 Å². The maximum Gasteiger partial charge on any atom is 0.0755 e. The summed E-state index contributed by atoms with van der Waals surface area (Å²) in [6.45, 7) is 6.58. The average molecular weight is 173 g/mol. The molecule has 0 aliphatic rings. The van der Waals surface area contributed by atoms with Crippen molar-refractivity contribution in [2.45, 2.75) is 40.0 Å². The van der Waals surface area contributed by atoms with Crippen molar-refractivity contribution in [2.75, 3.05) is 0 Å². The molecule has 0 saturated carbocycles. The minimum absolute atomic E-state index is 0.420. The fourth-order valence-corrected chi connectivity index (χ4v) is 1.09. The van der Waals surface area contributed by atoms with Crippen LogP contribution in [0.1, 0.15) is 40.0 Å². The number of nitrogens with two attached hydrogens (primary N) is 1. The van der Waals surface area contributed by atoms with E-state index in [1.54, 1.807) is 0 Å². The van der Waals surface area contributed by atoms with Crippen LogP contribution in [0.3, 0.4) is 0 Å². The molecule has 2 heteroatoms. The molecular weight excluding hydrogens is 154 g/mol. The average Bonchev–Trinajstić information content (AvgIpc) is 1.86. The highest BCUT2D eigenvalue weighted by Gasteiger charge is 2.04. The number of thiocarbonyl (C=S) groups is 1. The quantitative estimate of drug-likeness (QED) is 0.647. The predicted octanol–water partition coefficient (Wildman–Crippen LogP) is 2.73. The topological polar surface area (TPSA) is 26.0 Å². The second-order valence-corrected chi connectivity index (χ2v) is 4.10. The van der Waals surface area contributed by atoms with Crippen molar-refractivity contribution in [3.63, 3.8) is 0 Å². The summed E-state index contributed by atoms with van der Waals surface area (Å²) in [5.41, 5.74) is 5.48. The van der Waals surface area contributed by atoms with Gasteiger partial charge in [0.2, 0.25) is 0 Å². The van der Waals surface area contributed by atoms with E-state index in [2.05, 4.69) is 20.8 Å². The van der Waals surface area contributed by atoms with Gasteiger partial charge in [-0.2, -0.15) is 0 Å². The van der Waals surface area contributed by atoms with Gasteiger partial charge in [0.05, 0.1) is 4.99 Å². The molecule has 0 rings (SSSR count). The summed E-state index contributed by atoms with van der Waals surface area (Å²) in [4.78, 5) is 0.661. The first-order valence-corrected chi connectivity index (χ1v) is 4.74. The van der Waals surface area contributed by atoms with Crippen LogP contribution in [-0.4, -0.2) is 4.99 Å². The molecule has 0 heterocycles. The molecule has 0 saturated heterocycles. The Kier molecular flexibility index (Phi) is 5.47. The van der Waals surface area contributed by atoms with Gasteiger partial charge >= 0.3 is 0 Å². The standard InChI is InChI=1S/C9H19NS/c1-7(2)5-4-6-8(3)9(10)11/h7-8H,4-6H2,1-3H3,(H2,10,11). The molecule has 0 bridgehead atoms. The summed E-state index contributed by atoms with van der Waals surface area (Å²) in [7, 11) is 0. The lowest BCUT2D eigenvalue weighted by Crippen LogP contribution is -2.18. The zero-order chi connectivity index (χ0) is 8.85. The molecule has 11 heavy (non-hydrogen) atoms. The van der Waals surface area contributed by atoms with Crippen molar-refractivity contribution in [2.24, 2.45) is 17.6 Å². The van der Waals surface area contributed by atoms with Crippen LogP contribution >= 0.6 is 12.2 Å². The molecule has 1 atom stereocenters. The van der Waals surface area contributed by atoms with Gasteiger partial charge < -0.3 is 5.73 Å². The highest BCUT2D eigenvalue weighted by atomic mass is 32.1. The SMILES string of the molecule is CC(C)CCCC(C)C(N)=S. The van der Waals surface area contributed by atoms with Crippen molar-refractivity contribution in [1.29, 1.82) is 0 Å². The number of hydrogen-bond donors (Lipinski definition) is 1. The van der Waals surface area contributed by atoms with Crippen LogP contribution in [-0.2, 0) is 0 Å². The van der Waals surface area contributed by atoms with Gasteiger partial charge in [-0.05, 0) is 12.3 Å². The summed E-state index contributed by atoms with van der Waals surface area (Å²) in [6.07, 6.45) is 3.68. The molecule has 0 aliphatic heterocycles. The van der Waals surface area contributed by atoms with Crippen LogP contribution in [0, 0.1) is 11.8 Å². The van der Waals surface area contributed by atoms with E-state index in [1.165, 1.54) is 12.8 Å². The third-order valence-corrected chi connectivity index (χ3v) is 2.31. The van der Waals surface area contributed by atoms with E-state index in [0.29, 0.717) is 10.9 Å². The summed E-state index contributed by atoms with van der Waals surface area (Å²) in [5.74, 6) is 1.22. The monoisotopic (exact) mass is 173 g/mol. The second-order valence-electron chi connectivity index (χ2n) is 3.63. The Labute approximate surface area is 75.4 Å². The zero-order valence-electron chi connectivity index (χ0n) is 7.76. The zero-order valence-corrected chi connectivity index (χ0v) is 8.58. The third kappa shape index (κ3) is 6.29. The summed E-state index contributed by atoms with van der Waals surface area (Å²) in [6, 6.07) is 0. The summed E-state index contributed by atoms with van der Waals surface area (Å²) >= 11 is 4.88. The highest BCUT2D eigenvalue weighted by Crippen LogP contribution is 2.12. The van der Waals surface area contributed by atoms with Crippen LogP contribution in [0.25, 0.3) is 0 Å². The molecule has 1 unspecified atom stereocenters. The Morgan fingerprint density at radius 3 is 2.18 bits per heavy atom. The van der Waals surface area contributed by atoms with E-state index in [9.17, 15) is 0 Å². The maximum absolute atomic E-state index is 5.48. The lowest BCUT2D eigenvalue weighted by Gasteiger charge is -2.09. The smallest absolute Gasteiger partial charge is 0.0755 e. The van der Waals surface area contributed by atoms with Crippen LogP contribution in [0.2, 0.25) is 0 Å². The van der Waals surface area contributed by atoms with Crippen LogP contribution in [0.15, 0.2) is 0 Å². The van der Waals surface area contributed by atoms with Gasteiger partial charge in [0.15, 0.2) is 0 Å². The molecule has 1 nitrogen and oxygen atoms in total. The predicted molar refractivity (Wildman–Crippen MR) is 54.6 cm³/mol. The Balaban J connectivity index is 3.31. The Hall–Kier alpha value is -0.110.